The molecule has 20 heavy (non-hydrogen) atoms. The highest BCUT2D eigenvalue weighted by Gasteiger charge is 2.19. The highest BCUT2D eigenvalue weighted by Crippen LogP contribution is 2.23. The first-order valence-corrected chi connectivity index (χ1v) is 6.95. The molecule has 1 aromatic heterocycles. The number of anilines is 2. The van der Waals surface area contributed by atoms with E-state index in [1.54, 1.807) is 18.2 Å². The van der Waals surface area contributed by atoms with Gasteiger partial charge in [-0.15, -0.1) is 0 Å². The molecule has 0 unspecified atom stereocenters. The van der Waals surface area contributed by atoms with Crippen LogP contribution in [-0.4, -0.2) is 11.2 Å². The molecule has 2 N–H and O–H groups in total. The first-order chi connectivity index (χ1) is 9.34. The number of rotatable bonds is 2. The maximum atomic E-state index is 11.8. The van der Waals surface area contributed by atoms with Crippen molar-refractivity contribution in [1.82, 2.24) is 5.16 Å². The van der Waals surface area contributed by atoms with Crippen LogP contribution in [0.3, 0.4) is 0 Å². The fourth-order valence-corrected chi connectivity index (χ4v) is 1.76. The van der Waals surface area contributed by atoms with Gasteiger partial charge in [0, 0.05) is 21.6 Å². The molecule has 0 aliphatic rings. The number of benzene rings is 1. The van der Waals surface area contributed by atoms with E-state index < -0.39 is 0 Å². The Morgan fingerprint density at radius 1 is 1.20 bits per heavy atom. The van der Waals surface area contributed by atoms with Gasteiger partial charge in [-0.25, -0.2) is 4.79 Å². The Labute approximate surface area is 125 Å². The lowest BCUT2D eigenvalue weighted by Crippen LogP contribution is -2.19. The van der Waals surface area contributed by atoms with Crippen molar-refractivity contribution in [3.63, 3.8) is 0 Å². The molecule has 2 amide bonds. The maximum Gasteiger partial charge on any atom is 0.326 e. The fraction of sp³-hybridized carbons (Fsp3) is 0.286. The predicted octanol–water partition coefficient (Wildman–Crippen LogP) is 4.38. The molecule has 5 nitrogen and oxygen atoms in total. The highest BCUT2D eigenvalue weighted by atomic mass is 79.9. The molecule has 0 aliphatic carbocycles. The molecule has 0 aliphatic heterocycles. The Morgan fingerprint density at radius 3 is 2.40 bits per heavy atom. The van der Waals surface area contributed by atoms with E-state index in [9.17, 15) is 4.79 Å². The van der Waals surface area contributed by atoms with Crippen molar-refractivity contribution in [1.29, 1.82) is 0 Å². The molecule has 0 fully saturated rings. The number of carbonyl (C=O) groups is 1. The summed E-state index contributed by atoms with van der Waals surface area (Å²) in [5, 5.41) is 9.25. The number of hydrogen-bond donors (Lipinski definition) is 2. The van der Waals surface area contributed by atoms with Crippen LogP contribution in [0.1, 0.15) is 26.5 Å². The van der Waals surface area contributed by atoms with Crippen molar-refractivity contribution >= 4 is 33.5 Å². The predicted molar refractivity (Wildman–Crippen MR) is 82.0 cm³/mol. The van der Waals surface area contributed by atoms with Gasteiger partial charge in [0.15, 0.2) is 0 Å². The van der Waals surface area contributed by atoms with Gasteiger partial charge in [-0.3, -0.25) is 5.32 Å². The summed E-state index contributed by atoms with van der Waals surface area (Å²) in [6.45, 7) is 6.07. The standard InChI is InChI=1S/C14H16BrN3O2/c1-14(2,3)11-8-12(20-18-11)17-13(19)16-10-6-4-9(15)5-7-10/h4-8H,1-3H3,(H2,16,17,19). The van der Waals surface area contributed by atoms with Crippen molar-refractivity contribution in [3.8, 4) is 0 Å². The number of aromatic nitrogens is 1. The topological polar surface area (TPSA) is 67.2 Å². The Bertz CT molecular complexity index is 600. The summed E-state index contributed by atoms with van der Waals surface area (Å²) in [5.41, 5.74) is 1.36. The van der Waals surface area contributed by atoms with Gasteiger partial charge in [-0.05, 0) is 24.3 Å². The van der Waals surface area contributed by atoms with Crippen LogP contribution >= 0.6 is 15.9 Å². The molecule has 106 valence electrons. The zero-order valence-electron chi connectivity index (χ0n) is 11.5. The third-order valence-corrected chi connectivity index (χ3v) is 3.15. The smallest absolute Gasteiger partial charge is 0.326 e. The minimum Gasteiger partial charge on any atom is -0.338 e. The second-order valence-corrected chi connectivity index (χ2v) is 6.33. The summed E-state index contributed by atoms with van der Waals surface area (Å²) in [7, 11) is 0. The van der Waals surface area contributed by atoms with Crippen molar-refractivity contribution in [2.45, 2.75) is 26.2 Å². The lowest BCUT2D eigenvalue weighted by atomic mass is 9.92. The van der Waals surface area contributed by atoms with Gasteiger partial charge >= 0.3 is 6.03 Å². The van der Waals surface area contributed by atoms with Gasteiger partial charge in [-0.1, -0.05) is 41.9 Å². The van der Waals surface area contributed by atoms with E-state index in [4.69, 9.17) is 4.52 Å². The third kappa shape index (κ3) is 3.84. The van der Waals surface area contributed by atoms with Gasteiger partial charge in [0.2, 0.25) is 5.88 Å². The Hall–Kier alpha value is -1.82. The molecular formula is C14H16BrN3O2. The molecule has 0 saturated carbocycles. The number of carbonyl (C=O) groups excluding carboxylic acids is 1. The number of amides is 2. The maximum absolute atomic E-state index is 11.8. The van der Waals surface area contributed by atoms with E-state index in [0.29, 0.717) is 11.6 Å². The summed E-state index contributed by atoms with van der Waals surface area (Å²) in [6.07, 6.45) is 0. The average Bonchev–Trinajstić information content (AvgIpc) is 2.80. The van der Waals surface area contributed by atoms with Crippen LogP contribution < -0.4 is 10.6 Å². The van der Waals surface area contributed by atoms with Gasteiger partial charge in [0.1, 0.15) is 0 Å². The second kappa shape index (κ2) is 5.66. The molecule has 2 aromatic rings. The number of nitrogens with one attached hydrogen (secondary N) is 2. The highest BCUT2D eigenvalue weighted by molar-refractivity contribution is 9.10. The van der Waals surface area contributed by atoms with Crippen LogP contribution in [0.2, 0.25) is 0 Å². The first-order valence-electron chi connectivity index (χ1n) is 6.15. The Balaban J connectivity index is 1.98. The monoisotopic (exact) mass is 337 g/mol. The number of nitrogens with zero attached hydrogens (tertiary/aromatic N) is 1. The fourth-order valence-electron chi connectivity index (χ4n) is 1.50. The molecule has 0 bridgehead atoms. The average molecular weight is 338 g/mol. The Kier molecular flexibility index (Phi) is 4.13. The van der Waals surface area contributed by atoms with E-state index in [1.807, 2.05) is 32.9 Å². The van der Waals surface area contributed by atoms with Crippen molar-refractivity contribution in [2.75, 3.05) is 10.6 Å². The van der Waals surface area contributed by atoms with Crippen molar-refractivity contribution in [3.05, 3.63) is 40.5 Å². The normalized spacial score (nSPS) is 11.2. The van der Waals surface area contributed by atoms with Crippen LogP contribution in [0.25, 0.3) is 0 Å². The van der Waals surface area contributed by atoms with Gasteiger partial charge in [0.25, 0.3) is 0 Å². The number of urea groups is 1. The molecule has 0 radical (unpaired) electrons. The van der Waals surface area contributed by atoms with Crippen LogP contribution in [-0.2, 0) is 5.41 Å². The summed E-state index contributed by atoms with van der Waals surface area (Å²) >= 11 is 3.34. The van der Waals surface area contributed by atoms with E-state index in [1.165, 1.54) is 0 Å². The van der Waals surface area contributed by atoms with Crippen LogP contribution in [0, 0.1) is 0 Å². The van der Waals surface area contributed by atoms with Crippen LogP contribution in [0.4, 0.5) is 16.4 Å². The molecule has 0 spiro atoms. The minimum atomic E-state index is -0.371. The summed E-state index contributed by atoms with van der Waals surface area (Å²) in [5.74, 6) is 0.324. The SMILES string of the molecule is CC(C)(C)c1cc(NC(=O)Nc2ccc(Br)cc2)on1. The molecular weight excluding hydrogens is 322 g/mol. The first kappa shape index (κ1) is 14.6. The van der Waals surface area contributed by atoms with Gasteiger partial charge in [-0.2, -0.15) is 0 Å². The van der Waals surface area contributed by atoms with E-state index in [0.717, 1.165) is 10.2 Å². The lowest BCUT2D eigenvalue weighted by Gasteiger charge is -2.12. The van der Waals surface area contributed by atoms with Crippen LogP contribution in [0.5, 0.6) is 0 Å². The Morgan fingerprint density at radius 2 is 1.85 bits per heavy atom. The van der Waals surface area contributed by atoms with Gasteiger partial charge in [0.05, 0.1) is 5.69 Å². The molecule has 0 atom stereocenters. The zero-order chi connectivity index (χ0) is 14.8. The van der Waals surface area contributed by atoms with Crippen molar-refractivity contribution < 1.29 is 9.32 Å². The molecule has 0 saturated heterocycles. The summed E-state index contributed by atoms with van der Waals surface area (Å²) < 4.78 is 6.04. The number of halogens is 1. The van der Waals surface area contributed by atoms with E-state index in [2.05, 4.69) is 31.7 Å². The largest absolute Gasteiger partial charge is 0.338 e. The zero-order valence-corrected chi connectivity index (χ0v) is 13.1. The van der Waals surface area contributed by atoms with Crippen LogP contribution in [0.15, 0.2) is 39.3 Å². The second-order valence-electron chi connectivity index (χ2n) is 5.41. The van der Waals surface area contributed by atoms with E-state index >= 15 is 0 Å². The van der Waals surface area contributed by atoms with Crippen molar-refractivity contribution in [2.24, 2.45) is 0 Å². The molecule has 6 heteroatoms. The summed E-state index contributed by atoms with van der Waals surface area (Å²) in [6, 6.07) is 8.64. The lowest BCUT2D eigenvalue weighted by molar-refractivity contribution is 0.261. The van der Waals surface area contributed by atoms with Gasteiger partial charge < -0.3 is 9.84 Å². The molecule has 2 rings (SSSR count). The minimum absolute atomic E-state index is 0.119. The third-order valence-electron chi connectivity index (χ3n) is 2.62. The quantitative estimate of drug-likeness (QED) is 0.854. The molecule has 1 heterocycles. The molecule has 1 aromatic carbocycles. The number of hydrogen-bond acceptors (Lipinski definition) is 3. The van der Waals surface area contributed by atoms with E-state index in [-0.39, 0.29) is 11.4 Å². The summed E-state index contributed by atoms with van der Waals surface area (Å²) in [4.78, 5) is 11.8.